The number of carbonyl (C=O) groups is 1. The third-order valence-corrected chi connectivity index (χ3v) is 3.90. The Labute approximate surface area is 145 Å². The third-order valence-electron chi connectivity index (χ3n) is 3.90. The highest BCUT2D eigenvalue weighted by Crippen LogP contribution is 2.20. The zero-order valence-corrected chi connectivity index (χ0v) is 14.1. The minimum atomic E-state index is -0.0579. The number of amides is 1. The molecule has 1 amide bonds. The molecule has 3 rings (SSSR count). The second-order valence-electron chi connectivity index (χ2n) is 5.62. The molecule has 0 radical (unpaired) electrons. The van der Waals surface area contributed by atoms with E-state index in [0.717, 1.165) is 22.6 Å². The normalized spacial score (nSPS) is 10.5. The molecule has 0 atom stereocenters. The summed E-state index contributed by atoms with van der Waals surface area (Å²) in [5, 5.41) is 14.1. The van der Waals surface area contributed by atoms with Gasteiger partial charge in [0.25, 0.3) is 0 Å². The summed E-state index contributed by atoms with van der Waals surface area (Å²) in [6, 6.07) is 13.4. The highest BCUT2D eigenvalue weighted by molar-refractivity contribution is 5.91. The van der Waals surface area contributed by atoms with Crippen molar-refractivity contribution in [2.45, 2.75) is 19.8 Å². The molecular weight excluding hydrogens is 318 g/mol. The average molecular weight is 337 g/mol. The van der Waals surface area contributed by atoms with E-state index >= 15 is 0 Å². The van der Waals surface area contributed by atoms with Gasteiger partial charge in [0.2, 0.25) is 5.91 Å². The Kier molecular flexibility index (Phi) is 5.03. The Balaban J connectivity index is 1.66. The number of benzene rings is 2. The van der Waals surface area contributed by atoms with Crippen molar-refractivity contribution in [3.05, 3.63) is 59.9 Å². The first-order chi connectivity index (χ1) is 12.2. The maximum atomic E-state index is 12.3. The number of para-hydroxylation sites is 1. The summed E-state index contributed by atoms with van der Waals surface area (Å²) in [6.45, 7) is 1.96. The second kappa shape index (κ2) is 7.57. The number of aromatic nitrogens is 4. The molecule has 1 N–H and O–H groups in total. The van der Waals surface area contributed by atoms with Crippen molar-refractivity contribution in [2.24, 2.45) is 0 Å². The molecule has 0 saturated carbocycles. The number of tetrazole rings is 1. The van der Waals surface area contributed by atoms with Crippen molar-refractivity contribution in [1.29, 1.82) is 0 Å². The Morgan fingerprint density at radius 1 is 1.24 bits per heavy atom. The lowest BCUT2D eigenvalue weighted by Gasteiger charge is -2.10. The molecule has 1 aromatic heterocycles. The van der Waals surface area contributed by atoms with Gasteiger partial charge in [0.1, 0.15) is 12.1 Å². The number of carbonyl (C=O) groups excluding carboxylic acids is 1. The van der Waals surface area contributed by atoms with E-state index in [9.17, 15) is 4.79 Å². The number of anilines is 1. The van der Waals surface area contributed by atoms with Crippen LogP contribution in [-0.2, 0) is 11.2 Å². The average Bonchev–Trinajstić information content (AvgIpc) is 3.16. The second-order valence-corrected chi connectivity index (χ2v) is 5.62. The summed E-state index contributed by atoms with van der Waals surface area (Å²) in [6.07, 6.45) is 2.51. The predicted octanol–water partition coefficient (Wildman–Crippen LogP) is 2.55. The van der Waals surface area contributed by atoms with Gasteiger partial charge in [0.05, 0.1) is 12.8 Å². The smallest absolute Gasteiger partial charge is 0.224 e. The number of nitrogens with one attached hydrogen (secondary N) is 1. The van der Waals surface area contributed by atoms with Crippen LogP contribution in [0.5, 0.6) is 5.75 Å². The zero-order chi connectivity index (χ0) is 17.6. The highest BCUT2D eigenvalue weighted by atomic mass is 16.5. The van der Waals surface area contributed by atoms with E-state index < -0.39 is 0 Å². The van der Waals surface area contributed by atoms with Crippen LogP contribution in [0.1, 0.15) is 17.5 Å². The predicted molar refractivity (Wildman–Crippen MR) is 93.8 cm³/mol. The lowest BCUT2D eigenvalue weighted by molar-refractivity contribution is -0.116. The standard InChI is InChI=1S/C18H19N5O2/c1-13-7-9-15(11-16(13)23-12-19-21-22-23)20-18(24)10-8-14-5-3-4-6-17(14)25-2/h3-7,9,11-12H,8,10H2,1-2H3,(H,20,24). The molecule has 2 aromatic carbocycles. The summed E-state index contributed by atoms with van der Waals surface area (Å²) < 4.78 is 6.88. The van der Waals surface area contributed by atoms with Crippen molar-refractivity contribution in [2.75, 3.05) is 12.4 Å². The van der Waals surface area contributed by atoms with E-state index in [-0.39, 0.29) is 5.91 Å². The van der Waals surface area contributed by atoms with Gasteiger partial charge < -0.3 is 10.1 Å². The summed E-state index contributed by atoms with van der Waals surface area (Å²) >= 11 is 0. The largest absolute Gasteiger partial charge is 0.496 e. The molecule has 0 unspecified atom stereocenters. The molecular formula is C18H19N5O2. The lowest BCUT2D eigenvalue weighted by Crippen LogP contribution is -2.13. The van der Waals surface area contributed by atoms with Gasteiger partial charge in [-0.3, -0.25) is 4.79 Å². The van der Waals surface area contributed by atoms with E-state index in [4.69, 9.17) is 4.74 Å². The first kappa shape index (κ1) is 16.6. The number of methoxy groups -OCH3 is 1. The number of nitrogens with zero attached hydrogens (tertiary/aromatic N) is 4. The molecule has 0 bridgehead atoms. The van der Waals surface area contributed by atoms with E-state index in [0.29, 0.717) is 18.5 Å². The monoisotopic (exact) mass is 337 g/mol. The zero-order valence-electron chi connectivity index (χ0n) is 14.1. The molecule has 0 aliphatic rings. The first-order valence-corrected chi connectivity index (χ1v) is 7.93. The van der Waals surface area contributed by atoms with Crippen LogP contribution in [0.2, 0.25) is 0 Å². The minimum Gasteiger partial charge on any atom is -0.496 e. The Morgan fingerprint density at radius 2 is 2.08 bits per heavy atom. The molecule has 1 heterocycles. The molecule has 25 heavy (non-hydrogen) atoms. The highest BCUT2D eigenvalue weighted by Gasteiger charge is 2.09. The maximum absolute atomic E-state index is 12.3. The molecule has 0 aliphatic carbocycles. The number of hydrogen-bond acceptors (Lipinski definition) is 5. The number of hydrogen-bond donors (Lipinski definition) is 1. The van der Waals surface area contributed by atoms with Gasteiger partial charge in [-0.25, -0.2) is 4.68 Å². The Morgan fingerprint density at radius 3 is 2.84 bits per heavy atom. The SMILES string of the molecule is COc1ccccc1CCC(=O)Nc1ccc(C)c(-n2cnnn2)c1. The van der Waals surface area contributed by atoms with Crippen molar-refractivity contribution in [1.82, 2.24) is 20.2 Å². The van der Waals surface area contributed by atoms with Crippen LogP contribution in [0.15, 0.2) is 48.8 Å². The van der Waals surface area contributed by atoms with E-state index in [1.54, 1.807) is 11.8 Å². The van der Waals surface area contributed by atoms with Gasteiger partial charge >= 0.3 is 0 Å². The molecule has 3 aromatic rings. The van der Waals surface area contributed by atoms with Crippen molar-refractivity contribution in [3.8, 4) is 11.4 Å². The van der Waals surface area contributed by atoms with E-state index in [1.165, 1.54) is 6.33 Å². The maximum Gasteiger partial charge on any atom is 0.224 e. The molecule has 0 spiro atoms. The summed E-state index contributed by atoms with van der Waals surface area (Å²) in [7, 11) is 1.63. The molecule has 128 valence electrons. The molecule has 0 aliphatic heterocycles. The van der Waals surface area contributed by atoms with Crippen LogP contribution in [0.25, 0.3) is 5.69 Å². The summed E-state index contributed by atoms with van der Waals surface area (Å²) in [5.41, 5.74) is 3.56. The van der Waals surface area contributed by atoms with E-state index in [2.05, 4.69) is 20.8 Å². The minimum absolute atomic E-state index is 0.0579. The van der Waals surface area contributed by atoms with E-state index in [1.807, 2.05) is 49.4 Å². The third kappa shape index (κ3) is 4.00. The number of ether oxygens (including phenoxy) is 1. The molecule has 7 nitrogen and oxygen atoms in total. The van der Waals surface area contributed by atoms with Gasteiger partial charge in [-0.05, 0) is 53.1 Å². The van der Waals surface area contributed by atoms with Crippen LogP contribution in [0, 0.1) is 6.92 Å². The fraction of sp³-hybridized carbons (Fsp3) is 0.222. The van der Waals surface area contributed by atoms with Crippen LogP contribution < -0.4 is 10.1 Å². The number of aryl methyl sites for hydroxylation is 2. The molecule has 0 saturated heterocycles. The van der Waals surface area contributed by atoms with Crippen LogP contribution in [0.4, 0.5) is 5.69 Å². The van der Waals surface area contributed by atoms with Gasteiger partial charge in [-0.15, -0.1) is 5.10 Å². The van der Waals surface area contributed by atoms with Gasteiger partial charge in [0.15, 0.2) is 0 Å². The van der Waals surface area contributed by atoms with Gasteiger partial charge in [-0.2, -0.15) is 0 Å². The summed E-state index contributed by atoms with van der Waals surface area (Å²) in [4.78, 5) is 12.3. The van der Waals surface area contributed by atoms with Gasteiger partial charge in [-0.1, -0.05) is 24.3 Å². The van der Waals surface area contributed by atoms with Crippen molar-refractivity contribution < 1.29 is 9.53 Å². The van der Waals surface area contributed by atoms with Crippen LogP contribution >= 0.6 is 0 Å². The topological polar surface area (TPSA) is 81.9 Å². The molecule has 7 heteroatoms. The van der Waals surface area contributed by atoms with Crippen molar-refractivity contribution >= 4 is 11.6 Å². The van der Waals surface area contributed by atoms with Crippen LogP contribution in [0.3, 0.4) is 0 Å². The van der Waals surface area contributed by atoms with Gasteiger partial charge in [0, 0.05) is 12.1 Å². The van der Waals surface area contributed by atoms with Crippen molar-refractivity contribution in [3.63, 3.8) is 0 Å². The Bertz CT molecular complexity index is 862. The van der Waals surface area contributed by atoms with Crippen LogP contribution in [-0.4, -0.2) is 33.2 Å². The fourth-order valence-corrected chi connectivity index (χ4v) is 2.59. The summed E-state index contributed by atoms with van der Waals surface area (Å²) in [5.74, 6) is 0.740. The Hall–Kier alpha value is -3.22. The number of rotatable bonds is 6. The first-order valence-electron chi connectivity index (χ1n) is 7.93. The molecule has 0 fully saturated rings. The fourth-order valence-electron chi connectivity index (χ4n) is 2.59. The quantitative estimate of drug-likeness (QED) is 0.747. The lowest BCUT2D eigenvalue weighted by atomic mass is 10.1.